The van der Waals surface area contributed by atoms with Gasteiger partial charge in [-0.3, -0.25) is 4.79 Å². The number of nitrogens with one attached hydrogen (secondary N) is 2. The molecule has 0 fully saturated rings. The van der Waals surface area contributed by atoms with E-state index in [1.54, 1.807) is 0 Å². The zero-order valence-electron chi connectivity index (χ0n) is 12.9. The van der Waals surface area contributed by atoms with Crippen LogP contribution in [0, 0.1) is 5.82 Å². The molecule has 0 heterocycles. The van der Waals surface area contributed by atoms with Crippen molar-refractivity contribution in [1.82, 2.24) is 4.72 Å². The predicted molar refractivity (Wildman–Crippen MR) is 83.4 cm³/mol. The number of nitrogens with two attached hydrogens (primary N) is 1. The van der Waals surface area contributed by atoms with Crippen LogP contribution in [0.15, 0.2) is 23.1 Å². The molecule has 0 radical (unpaired) electrons. The number of benzene rings is 1. The largest absolute Gasteiger partial charge is 0.324 e. The Labute approximate surface area is 130 Å². The highest BCUT2D eigenvalue weighted by molar-refractivity contribution is 7.89. The van der Waals surface area contributed by atoms with Crippen LogP contribution in [0.25, 0.3) is 0 Å². The predicted octanol–water partition coefficient (Wildman–Crippen LogP) is 1.58. The van der Waals surface area contributed by atoms with E-state index in [0.717, 1.165) is 18.2 Å². The lowest BCUT2D eigenvalue weighted by Gasteiger charge is -2.26. The minimum absolute atomic E-state index is 0.0786. The maximum absolute atomic E-state index is 13.6. The molecule has 0 aromatic heterocycles. The summed E-state index contributed by atoms with van der Waals surface area (Å²) in [6.45, 7) is 5.05. The standard InChI is InChI=1S/C14H22FN3O3S/c1-4-14(16,5-2)9-17-22(20,21)11-6-7-12(15)13(8-11)18-10(3)19/h6-8,17H,4-5,9,16H2,1-3H3,(H,18,19). The van der Waals surface area contributed by atoms with E-state index in [1.165, 1.54) is 6.92 Å². The van der Waals surface area contributed by atoms with Crippen molar-refractivity contribution >= 4 is 21.6 Å². The maximum atomic E-state index is 13.6. The zero-order chi connectivity index (χ0) is 17.0. The van der Waals surface area contributed by atoms with Crippen molar-refractivity contribution in [1.29, 1.82) is 0 Å². The summed E-state index contributed by atoms with van der Waals surface area (Å²) < 4.78 is 40.5. The number of amides is 1. The van der Waals surface area contributed by atoms with E-state index in [9.17, 15) is 17.6 Å². The smallest absolute Gasteiger partial charge is 0.240 e. The van der Waals surface area contributed by atoms with Crippen molar-refractivity contribution < 1.29 is 17.6 Å². The summed E-state index contributed by atoms with van der Waals surface area (Å²) in [5.74, 6) is -1.19. The van der Waals surface area contributed by atoms with Gasteiger partial charge in [0, 0.05) is 19.0 Å². The van der Waals surface area contributed by atoms with Crippen molar-refractivity contribution in [3.8, 4) is 0 Å². The van der Waals surface area contributed by atoms with Crippen molar-refractivity contribution in [2.45, 2.75) is 44.0 Å². The number of carbonyl (C=O) groups is 1. The second-order valence-corrected chi connectivity index (χ2v) is 6.98. The molecule has 0 aliphatic carbocycles. The summed E-state index contributed by atoms with van der Waals surface area (Å²) in [5, 5.41) is 2.25. The lowest BCUT2D eigenvalue weighted by molar-refractivity contribution is -0.114. The third kappa shape index (κ3) is 4.75. The van der Waals surface area contributed by atoms with Gasteiger partial charge in [-0.2, -0.15) is 0 Å². The van der Waals surface area contributed by atoms with Crippen LogP contribution in [0.5, 0.6) is 0 Å². The first kappa shape index (κ1) is 18.5. The fourth-order valence-corrected chi connectivity index (χ4v) is 2.94. The Hall–Kier alpha value is -1.51. The summed E-state index contributed by atoms with van der Waals surface area (Å²) in [5.41, 5.74) is 5.25. The van der Waals surface area contributed by atoms with Crippen LogP contribution in [0.4, 0.5) is 10.1 Å². The molecule has 1 aromatic rings. The minimum atomic E-state index is -3.84. The molecule has 124 valence electrons. The van der Waals surface area contributed by atoms with E-state index in [1.807, 2.05) is 13.8 Å². The molecule has 1 amide bonds. The van der Waals surface area contributed by atoms with E-state index in [0.29, 0.717) is 12.8 Å². The summed E-state index contributed by atoms with van der Waals surface area (Å²) in [4.78, 5) is 10.9. The lowest BCUT2D eigenvalue weighted by atomic mass is 9.95. The van der Waals surface area contributed by atoms with E-state index < -0.39 is 27.3 Å². The van der Waals surface area contributed by atoms with Crippen molar-refractivity contribution in [2.75, 3.05) is 11.9 Å². The van der Waals surface area contributed by atoms with Gasteiger partial charge in [-0.05, 0) is 31.0 Å². The van der Waals surface area contributed by atoms with Gasteiger partial charge < -0.3 is 11.1 Å². The van der Waals surface area contributed by atoms with Gasteiger partial charge in [0.05, 0.1) is 10.6 Å². The molecule has 22 heavy (non-hydrogen) atoms. The Morgan fingerprint density at radius 1 is 1.32 bits per heavy atom. The molecule has 0 aliphatic rings. The SMILES string of the molecule is CCC(N)(CC)CNS(=O)(=O)c1ccc(F)c(NC(C)=O)c1. The van der Waals surface area contributed by atoms with Gasteiger partial charge in [0.15, 0.2) is 0 Å². The van der Waals surface area contributed by atoms with Gasteiger partial charge >= 0.3 is 0 Å². The lowest BCUT2D eigenvalue weighted by Crippen LogP contribution is -2.49. The second-order valence-electron chi connectivity index (χ2n) is 5.22. The van der Waals surface area contributed by atoms with Gasteiger partial charge in [0.1, 0.15) is 5.82 Å². The highest BCUT2D eigenvalue weighted by atomic mass is 32.2. The first-order valence-electron chi connectivity index (χ1n) is 6.99. The Morgan fingerprint density at radius 3 is 2.41 bits per heavy atom. The molecule has 0 spiro atoms. The summed E-state index contributed by atoms with van der Waals surface area (Å²) in [6.07, 6.45) is 1.24. The molecule has 0 saturated heterocycles. The number of carbonyl (C=O) groups excluding carboxylic acids is 1. The topological polar surface area (TPSA) is 101 Å². The molecule has 4 N–H and O–H groups in total. The first-order valence-corrected chi connectivity index (χ1v) is 8.47. The molecular formula is C14H22FN3O3S. The highest BCUT2D eigenvalue weighted by Gasteiger charge is 2.24. The van der Waals surface area contributed by atoms with Crippen LogP contribution in [0.3, 0.4) is 0 Å². The van der Waals surface area contributed by atoms with Crippen LogP contribution in [0.2, 0.25) is 0 Å². The monoisotopic (exact) mass is 331 g/mol. The second kappa shape index (κ2) is 7.17. The Kier molecular flexibility index (Phi) is 6.04. The highest BCUT2D eigenvalue weighted by Crippen LogP contribution is 2.20. The van der Waals surface area contributed by atoms with Gasteiger partial charge in [0.25, 0.3) is 0 Å². The van der Waals surface area contributed by atoms with Crippen LogP contribution >= 0.6 is 0 Å². The molecule has 0 aliphatic heterocycles. The van der Waals surface area contributed by atoms with Crippen molar-refractivity contribution in [3.63, 3.8) is 0 Å². The van der Waals surface area contributed by atoms with Gasteiger partial charge in [-0.1, -0.05) is 13.8 Å². The van der Waals surface area contributed by atoms with Gasteiger partial charge in [-0.15, -0.1) is 0 Å². The third-order valence-corrected chi connectivity index (χ3v) is 4.98. The van der Waals surface area contributed by atoms with Crippen LogP contribution in [0.1, 0.15) is 33.6 Å². The summed E-state index contributed by atoms with van der Waals surface area (Å²) >= 11 is 0. The number of anilines is 1. The number of rotatable bonds is 7. The quantitative estimate of drug-likeness (QED) is 0.706. The van der Waals surface area contributed by atoms with Crippen LogP contribution in [-0.4, -0.2) is 26.4 Å². The Morgan fingerprint density at radius 2 is 1.91 bits per heavy atom. The van der Waals surface area contributed by atoms with Crippen LogP contribution < -0.4 is 15.8 Å². The molecule has 6 nitrogen and oxygen atoms in total. The van der Waals surface area contributed by atoms with Crippen molar-refractivity contribution in [3.05, 3.63) is 24.0 Å². The fraction of sp³-hybridized carbons (Fsp3) is 0.500. The Bertz CT molecular complexity index is 643. The molecule has 1 aromatic carbocycles. The van der Waals surface area contributed by atoms with Crippen molar-refractivity contribution in [2.24, 2.45) is 5.73 Å². The minimum Gasteiger partial charge on any atom is -0.324 e. The zero-order valence-corrected chi connectivity index (χ0v) is 13.8. The van der Waals surface area contributed by atoms with E-state index >= 15 is 0 Å². The molecule has 0 atom stereocenters. The summed E-state index contributed by atoms with van der Waals surface area (Å²) in [7, 11) is -3.84. The van der Waals surface area contributed by atoms with Gasteiger partial charge in [-0.25, -0.2) is 17.5 Å². The number of hydrogen-bond donors (Lipinski definition) is 3. The van der Waals surface area contributed by atoms with Crippen LogP contribution in [-0.2, 0) is 14.8 Å². The molecule has 8 heteroatoms. The summed E-state index contributed by atoms with van der Waals surface area (Å²) in [6, 6.07) is 3.21. The maximum Gasteiger partial charge on any atom is 0.240 e. The van der Waals surface area contributed by atoms with E-state index in [4.69, 9.17) is 5.73 Å². The molecule has 0 saturated carbocycles. The number of sulfonamides is 1. The molecular weight excluding hydrogens is 309 g/mol. The average Bonchev–Trinajstić information content (AvgIpc) is 2.46. The third-order valence-electron chi connectivity index (χ3n) is 3.58. The number of halogens is 1. The molecule has 0 bridgehead atoms. The average molecular weight is 331 g/mol. The van der Waals surface area contributed by atoms with Gasteiger partial charge in [0.2, 0.25) is 15.9 Å². The van der Waals surface area contributed by atoms with E-state index in [2.05, 4.69) is 10.0 Å². The first-order chi connectivity index (χ1) is 10.1. The number of hydrogen-bond acceptors (Lipinski definition) is 4. The molecule has 1 rings (SSSR count). The fourth-order valence-electron chi connectivity index (χ4n) is 1.78. The Balaban J connectivity index is 3.01. The molecule has 0 unspecified atom stereocenters. The van der Waals surface area contributed by atoms with E-state index in [-0.39, 0.29) is 17.1 Å². The normalized spacial score (nSPS) is 12.2.